The van der Waals surface area contributed by atoms with E-state index in [1.807, 2.05) is 0 Å². The summed E-state index contributed by atoms with van der Waals surface area (Å²) in [6, 6.07) is 2.27. The second kappa shape index (κ2) is 4.01. The minimum atomic E-state index is -1.32. The molecule has 11 heavy (non-hydrogen) atoms. The molecule has 0 fully saturated rings. The minimum absolute atomic E-state index is 0. The van der Waals surface area contributed by atoms with Crippen LogP contribution in [-0.2, 0) is 0 Å². The molecule has 1 heterocycles. The van der Waals surface area contributed by atoms with Crippen LogP contribution < -0.4 is 24.0 Å². The Morgan fingerprint density at radius 3 is 2.64 bits per heavy atom. The van der Waals surface area contributed by atoms with Crippen molar-refractivity contribution in [3.8, 4) is 5.88 Å². The molecule has 0 aliphatic heterocycles. The van der Waals surface area contributed by atoms with Crippen LogP contribution >= 0.6 is 0 Å². The van der Waals surface area contributed by atoms with Gasteiger partial charge in [0.15, 0.2) is 0 Å². The molecule has 1 N–H and O–H groups in total. The van der Waals surface area contributed by atoms with Gasteiger partial charge in [0, 0.05) is 17.8 Å². The zero-order valence-corrected chi connectivity index (χ0v) is 5.94. The zero-order chi connectivity index (χ0) is 7.56. The predicted octanol–water partition coefficient (Wildman–Crippen LogP) is -3.85. The van der Waals surface area contributed by atoms with Gasteiger partial charge >= 0.3 is 18.9 Å². The van der Waals surface area contributed by atoms with Gasteiger partial charge in [-0.2, -0.15) is 0 Å². The van der Waals surface area contributed by atoms with Crippen molar-refractivity contribution < 1.29 is 33.9 Å². The summed E-state index contributed by atoms with van der Waals surface area (Å²) in [5.74, 6) is -1.64. The molecule has 1 aromatic heterocycles. The third-order valence-electron chi connectivity index (χ3n) is 0.981. The summed E-state index contributed by atoms with van der Waals surface area (Å²) in [5.41, 5.74) is -0.0764. The molecule has 0 saturated heterocycles. The van der Waals surface area contributed by atoms with Gasteiger partial charge in [-0.1, -0.05) is 0 Å². The van der Waals surface area contributed by atoms with Crippen LogP contribution in [-0.4, -0.2) is 16.1 Å². The van der Waals surface area contributed by atoms with Gasteiger partial charge in [-0.05, 0) is 6.07 Å². The molecule has 5 heteroatoms. The normalized spacial score (nSPS) is 8.36. The van der Waals surface area contributed by atoms with Crippen molar-refractivity contribution in [1.82, 2.24) is 4.98 Å². The molecule has 0 aromatic carbocycles. The Morgan fingerprint density at radius 2 is 2.27 bits per heavy atom. The summed E-state index contributed by atoms with van der Waals surface area (Å²) >= 11 is 0. The van der Waals surface area contributed by atoms with E-state index in [-0.39, 0.29) is 30.3 Å². The van der Waals surface area contributed by atoms with E-state index in [1.165, 1.54) is 12.3 Å². The number of hydrogen-bond acceptors (Lipinski definition) is 4. The van der Waals surface area contributed by atoms with Gasteiger partial charge in [0.2, 0.25) is 5.88 Å². The molecule has 1 aromatic rings. The molecular weight excluding hydrogens is 141 g/mol. The molecule has 52 valence electrons. The van der Waals surface area contributed by atoms with Gasteiger partial charge in [0.1, 0.15) is 0 Å². The van der Waals surface area contributed by atoms with Crippen molar-refractivity contribution in [3.05, 3.63) is 23.9 Å². The van der Waals surface area contributed by atoms with Crippen molar-refractivity contribution in [2.45, 2.75) is 0 Å². The van der Waals surface area contributed by atoms with Gasteiger partial charge in [0.25, 0.3) is 0 Å². The minimum Gasteiger partial charge on any atom is -0.545 e. The maximum Gasteiger partial charge on any atom is 1.00 e. The Bertz CT molecular complexity index is 264. The predicted molar refractivity (Wildman–Crippen MR) is 30.2 cm³/mol. The van der Waals surface area contributed by atoms with Gasteiger partial charge in [-0.15, -0.1) is 0 Å². The fraction of sp³-hybridized carbons (Fsp3) is 0. The first kappa shape index (κ1) is 10.0. The molecule has 0 bridgehead atoms. The van der Waals surface area contributed by atoms with E-state index in [0.29, 0.717) is 0 Å². The van der Waals surface area contributed by atoms with Gasteiger partial charge in [-0.3, -0.25) is 0 Å². The van der Waals surface area contributed by atoms with E-state index in [1.54, 1.807) is 0 Å². The Balaban J connectivity index is 0.000001000. The largest absolute Gasteiger partial charge is 1.00 e. The van der Waals surface area contributed by atoms with Crippen molar-refractivity contribution in [1.29, 1.82) is 0 Å². The summed E-state index contributed by atoms with van der Waals surface area (Å²) in [4.78, 5) is 13.5. The monoisotopic (exact) mass is 145 g/mol. The molecule has 4 nitrogen and oxygen atoms in total. The Hall–Kier alpha value is -0.983. The number of rotatable bonds is 1. The van der Waals surface area contributed by atoms with Gasteiger partial charge < -0.3 is 15.0 Å². The SMILES string of the molecule is O=C([O-])c1ccnc(O)c1.[Li+]. The van der Waals surface area contributed by atoms with Crippen LogP contribution in [0.15, 0.2) is 18.3 Å². The number of aromatic hydroxyl groups is 1. The smallest absolute Gasteiger partial charge is 0.545 e. The number of hydrogen-bond donors (Lipinski definition) is 1. The molecule has 0 aliphatic carbocycles. The van der Waals surface area contributed by atoms with E-state index in [2.05, 4.69) is 4.98 Å². The van der Waals surface area contributed by atoms with Crippen LogP contribution in [0.2, 0.25) is 0 Å². The molecule has 1 rings (SSSR count). The van der Waals surface area contributed by atoms with Crippen molar-refractivity contribution in [2.75, 3.05) is 0 Å². The summed E-state index contributed by atoms with van der Waals surface area (Å²) < 4.78 is 0. The number of nitrogens with zero attached hydrogens (tertiary/aromatic N) is 1. The van der Waals surface area contributed by atoms with Crippen LogP contribution in [0.4, 0.5) is 0 Å². The van der Waals surface area contributed by atoms with Crippen molar-refractivity contribution in [3.63, 3.8) is 0 Å². The second-order valence-electron chi connectivity index (χ2n) is 1.69. The molecule has 0 atom stereocenters. The van der Waals surface area contributed by atoms with Crippen LogP contribution in [0.25, 0.3) is 0 Å². The molecular formula is C6H4LiNO3. The van der Waals surface area contributed by atoms with Gasteiger partial charge in [0.05, 0.1) is 5.97 Å². The maximum absolute atomic E-state index is 10.1. The Labute approximate surface area is 75.1 Å². The summed E-state index contributed by atoms with van der Waals surface area (Å²) in [5, 5.41) is 18.8. The molecule has 0 spiro atoms. The molecule has 0 unspecified atom stereocenters. The first-order valence-electron chi connectivity index (χ1n) is 2.56. The second-order valence-corrected chi connectivity index (χ2v) is 1.69. The Kier molecular flexibility index (Phi) is 3.66. The molecule has 0 saturated carbocycles. The quantitative estimate of drug-likeness (QED) is 0.410. The zero-order valence-electron chi connectivity index (χ0n) is 5.94. The van der Waals surface area contributed by atoms with E-state index >= 15 is 0 Å². The van der Waals surface area contributed by atoms with E-state index < -0.39 is 5.97 Å². The van der Waals surface area contributed by atoms with Crippen LogP contribution in [0.3, 0.4) is 0 Å². The summed E-state index contributed by atoms with van der Waals surface area (Å²) in [6.45, 7) is 0. The number of carboxylic acids is 1. The van der Waals surface area contributed by atoms with Gasteiger partial charge in [-0.25, -0.2) is 4.98 Å². The maximum atomic E-state index is 10.1. The van der Waals surface area contributed by atoms with Crippen LogP contribution in [0.5, 0.6) is 5.88 Å². The number of aromatic carboxylic acids is 1. The number of carbonyl (C=O) groups excluding carboxylic acids is 1. The topological polar surface area (TPSA) is 73.2 Å². The van der Waals surface area contributed by atoms with Crippen LogP contribution in [0.1, 0.15) is 10.4 Å². The third-order valence-corrected chi connectivity index (χ3v) is 0.981. The third kappa shape index (κ3) is 2.62. The summed E-state index contributed by atoms with van der Waals surface area (Å²) in [6.07, 6.45) is 1.19. The first-order chi connectivity index (χ1) is 4.70. The average Bonchev–Trinajstić information content (AvgIpc) is 1.88. The van der Waals surface area contributed by atoms with E-state index in [4.69, 9.17) is 5.11 Å². The van der Waals surface area contributed by atoms with Crippen molar-refractivity contribution >= 4 is 5.97 Å². The number of carboxylic acid groups (broad SMARTS) is 1. The molecule has 0 aliphatic rings. The first-order valence-corrected chi connectivity index (χ1v) is 2.56. The summed E-state index contributed by atoms with van der Waals surface area (Å²) in [7, 11) is 0. The average molecular weight is 145 g/mol. The number of aromatic nitrogens is 1. The fourth-order valence-corrected chi connectivity index (χ4v) is 0.545. The van der Waals surface area contributed by atoms with Crippen molar-refractivity contribution in [2.24, 2.45) is 0 Å². The fourth-order valence-electron chi connectivity index (χ4n) is 0.545. The molecule has 0 radical (unpaired) electrons. The van der Waals surface area contributed by atoms with Crippen LogP contribution in [0, 0.1) is 0 Å². The van der Waals surface area contributed by atoms with E-state index in [0.717, 1.165) is 6.07 Å². The standard InChI is InChI=1S/C6H5NO3.Li/c8-5-3-4(6(9)10)1-2-7-5;/h1-3H,(H,7,8)(H,9,10);/q;+1/p-1. The van der Waals surface area contributed by atoms with E-state index in [9.17, 15) is 9.90 Å². The number of pyridine rings is 1. The molecule has 0 amide bonds. The number of carbonyl (C=O) groups is 1. The Morgan fingerprint density at radius 1 is 1.64 bits per heavy atom.